The number of phenols is 1. The predicted octanol–water partition coefficient (Wildman–Crippen LogP) is 1.84. The van der Waals surface area contributed by atoms with Crippen LogP contribution in [-0.2, 0) is 64.9 Å². The van der Waals surface area contributed by atoms with E-state index in [1.165, 1.54) is 0 Å². The van der Waals surface area contributed by atoms with Gasteiger partial charge in [-0.1, -0.05) is 0 Å². The minimum atomic E-state index is -5.41. The van der Waals surface area contributed by atoms with Crippen molar-refractivity contribution in [2.24, 2.45) is 16.0 Å². The molecular weight excluding hydrogens is 994 g/mol. The van der Waals surface area contributed by atoms with E-state index in [-0.39, 0.29) is 23.1 Å². The number of rotatable bonds is 16. The van der Waals surface area contributed by atoms with E-state index in [0.29, 0.717) is 30.3 Å². The molecule has 0 spiro atoms. The topological polar surface area (TPSA) is 478 Å². The number of fused-ring (bicyclic) bond motifs is 1. The van der Waals surface area contributed by atoms with Crippen molar-refractivity contribution < 1.29 is 91.7 Å². The van der Waals surface area contributed by atoms with Gasteiger partial charge in [-0.2, -0.15) is 61.4 Å². The number of benzene rings is 4. The van der Waals surface area contributed by atoms with Gasteiger partial charge in [0.2, 0.25) is 11.9 Å². The lowest BCUT2D eigenvalue weighted by molar-refractivity contribution is 0.259. The van der Waals surface area contributed by atoms with E-state index in [0.717, 1.165) is 18.2 Å². The summed E-state index contributed by atoms with van der Waals surface area (Å²) < 4.78 is 210. The van der Waals surface area contributed by atoms with E-state index < -0.39 is 149 Å². The summed E-state index contributed by atoms with van der Waals surface area (Å²) in [7, 11) is -31.0. The lowest BCUT2D eigenvalue weighted by atomic mass is 10.1. The second-order valence-corrected chi connectivity index (χ2v) is 21.0. The lowest BCUT2D eigenvalue weighted by Crippen LogP contribution is -2.19. The fourth-order valence-electron chi connectivity index (χ4n) is 5.14. The number of azo groups is 1. The van der Waals surface area contributed by atoms with Crippen LogP contribution in [0.3, 0.4) is 0 Å². The lowest BCUT2D eigenvalue weighted by Gasteiger charge is -2.14. The molecule has 0 unspecified atom stereocenters. The summed E-state index contributed by atoms with van der Waals surface area (Å²) in [6.07, 6.45) is -1.59. The molecule has 1 heterocycles. The average Bonchev–Trinajstić information content (AvgIpc) is 3.11. The van der Waals surface area contributed by atoms with Crippen molar-refractivity contribution in [2.75, 3.05) is 28.3 Å². The fourth-order valence-corrected chi connectivity index (χ4v) is 9.37. The number of phenolic OH excluding ortho intramolecular Hbond substituents is 1. The summed E-state index contributed by atoms with van der Waals surface area (Å²) in [5.41, 5.74) is 2.60. The Hall–Kier alpha value is -6.19. The van der Waals surface area contributed by atoms with Gasteiger partial charge in [0.15, 0.2) is 15.6 Å². The maximum absolute atomic E-state index is 14.7. The average molecular weight is 1020 g/mol. The molecule has 0 aliphatic heterocycles. The second-order valence-electron chi connectivity index (χ2n) is 12.2. The highest BCUT2D eigenvalue weighted by Crippen LogP contribution is 2.39. The monoisotopic (exact) mass is 1020 g/mol. The fraction of sp³-hybridized carbons (Fsp3) is 0.0714. The van der Waals surface area contributed by atoms with Crippen LogP contribution in [0.25, 0.3) is 10.8 Å². The number of halogens is 1. The van der Waals surface area contributed by atoms with Crippen molar-refractivity contribution in [3.05, 3.63) is 60.7 Å². The van der Waals surface area contributed by atoms with Gasteiger partial charge in [-0.05, 0) is 60.0 Å². The molecular formula is C28H24FN9O20S6. The number of amides is 2. The number of primary amides is 1. The van der Waals surface area contributed by atoms with Crippen molar-refractivity contribution >= 4 is 118 Å². The van der Waals surface area contributed by atoms with Gasteiger partial charge in [-0.25, -0.2) is 17.4 Å². The predicted molar refractivity (Wildman–Crippen MR) is 211 cm³/mol. The van der Waals surface area contributed by atoms with Crippen LogP contribution in [0.4, 0.5) is 49.5 Å². The van der Waals surface area contributed by atoms with Crippen molar-refractivity contribution in [2.45, 2.75) is 24.5 Å². The number of sulfone groups is 1. The van der Waals surface area contributed by atoms with Gasteiger partial charge in [0.1, 0.15) is 26.1 Å². The number of aromatic hydroxyl groups is 1. The van der Waals surface area contributed by atoms with Crippen molar-refractivity contribution in [1.82, 2.24) is 15.0 Å². The van der Waals surface area contributed by atoms with E-state index in [4.69, 9.17) is 10.3 Å². The van der Waals surface area contributed by atoms with Crippen LogP contribution in [0.5, 0.6) is 5.75 Å². The third kappa shape index (κ3) is 12.1. The molecule has 11 N–H and O–H groups in total. The van der Waals surface area contributed by atoms with E-state index >= 15 is 0 Å². The summed E-state index contributed by atoms with van der Waals surface area (Å²) in [5.74, 6) is -4.15. The number of aromatic nitrogens is 3. The van der Waals surface area contributed by atoms with Gasteiger partial charge >= 0.3 is 22.5 Å². The number of hydrogen-bond donors (Lipinski definition) is 10. The highest BCUT2D eigenvalue weighted by atomic mass is 32.3. The van der Waals surface area contributed by atoms with Gasteiger partial charge in [-0.15, -0.1) is 10.2 Å². The van der Waals surface area contributed by atoms with Crippen LogP contribution in [0.1, 0.15) is 0 Å². The number of carbonyl (C=O) groups excluding carboxylic acids is 1. The molecule has 0 saturated carbocycles. The largest absolute Gasteiger partial charge is 0.504 e. The number of carbonyl (C=O) groups is 1. The van der Waals surface area contributed by atoms with Crippen molar-refractivity contribution in [3.63, 3.8) is 0 Å². The molecule has 0 radical (unpaired) electrons. The standard InChI is InChI=1S/C28H24FN9O20S6/c29-25-34-27(36-28(35-25)33-20-8-14(9-23(24(20)39)63(52,53)54)59(41,42)4-3-58-64(55,56)57)31-13-1-2-17(18(7-13)32-26(30)40)37-38-19-11-16-12(6-22(19)62(49,50)51)5-15(60(43,44)45)10-21(16)61(46,47)48/h1-2,5-11,39H,3-4H2,(H3,30,32,40)(H,43,44,45)(H,46,47,48)(H,49,50,51)(H,52,53,54)(H,55,56,57)(H2,31,33,34,35,36). The molecule has 0 aliphatic carbocycles. The Morgan fingerprint density at radius 2 is 1.23 bits per heavy atom. The van der Waals surface area contributed by atoms with E-state index in [1.54, 1.807) is 0 Å². The minimum Gasteiger partial charge on any atom is -0.504 e. The first-order valence-corrected chi connectivity index (χ1v) is 24.8. The summed E-state index contributed by atoms with van der Waals surface area (Å²) in [6.45, 7) is -1.18. The maximum Gasteiger partial charge on any atom is 0.397 e. The van der Waals surface area contributed by atoms with E-state index in [2.05, 4.69) is 45.3 Å². The Labute approximate surface area is 358 Å². The van der Waals surface area contributed by atoms with Crippen molar-refractivity contribution in [3.8, 4) is 5.75 Å². The highest BCUT2D eigenvalue weighted by molar-refractivity contribution is 7.91. The number of anilines is 5. The molecule has 344 valence electrons. The van der Waals surface area contributed by atoms with Gasteiger partial charge in [0.25, 0.3) is 40.5 Å². The molecule has 29 nitrogen and oxygen atoms in total. The zero-order chi connectivity index (χ0) is 48.0. The van der Waals surface area contributed by atoms with Crippen LogP contribution in [0, 0.1) is 6.08 Å². The molecule has 36 heteroatoms. The van der Waals surface area contributed by atoms with Crippen LogP contribution in [0.2, 0.25) is 0 Å². The zero-order valence-electron chi connectivity index (χ0n) is 30.6. The Morgan fingerprint density at radius 3 is 1.80 bits per heavy atom. The molecule has 0 atom stereocenters. The van der Waals surface area contributed by atoms with Crippen LogP contribution in [0.15, 0.2) is 89.3 Å². The van der Waals surface area contributed by atoms with E-state index in [1.807, 2.05) is 0 Å². The van der Waals surface area contributed by atoms with Gasteiger partial charge < -0.3 is 26.8 Å². The number of nitrogens with zero attached hydrogens (tertiary/aromatic N) is 5. The van der Waals surface area contributed by atoms with Crippen LogP contribution in [-0.4, -0.2) is 112 Å². The maximum atomic E-state index is 14.7. The summed E-state index contributed by atoms with van der Waals surface area (Å²) in [6, 6.07) is 4.86. The number of nitrogens with one attached hydrogen (secondary N) is 3. The third-order valence-electron chi connectivity index (χ3n) is 7.72. The second kappa shape index (κ2) is 17.4. The Balaban J connectivity index is 1.53. The zero-order valence-corrected chi connectivity index (χ0v) is 35.5. The van der Waals surface area contributed by atoms with Crippen molar-refractivity contribution in [1.29, 1.82) is 0 Å². The third-order valence-corrected chi connectivity index (χ3v) is 13.3. The number of urea groups is 1. The molecule has 0 fully saturated rings. The van der Waals surface area contributed by atoms with Crippen LogP contribution >= 0.6 is 0 Å². The Kier molecular flexibility index (Phi) is 13.3. The van der Waals surface area contributed by atoms with E-state index in [9.17, 15) is 83.0 Å². The summed E-state index contributed by atoms with van der Waals surface area (Å²) >= 11 is 0. The minimum absolute atomic E-state index is 0.160. The summed E-state index contributed by atoms with van der Waals surface area (Å²) in [5, 5.41) is 23.6. The Bertz CT molecular complexity index is 3510. The quantitative estimate of drug-likeness (QED) is 0.0383. The van der Waals surface area contributed by atoms with Crippen LogP contribution < -0.4 is 21.7 Å². The number of hydrogen-bond acceptors (Lipinski definition) is 22. The smallest absolute Gasteiger partial charge is 0.397 e. The normalized spacial score (nSPS) is 13.0. The molecule has 0 saturated heterocycles. The number of nitrogens with two attached hydrogens (primary N) is 1. The first-order chi connectivity index (χ1) is 29.2. The van der Waals surface area contributed by atoms with Gasteiger partial charge in [0.05, 0.1) is 33.5 Å². The summed E-state index contributed by atoms with van der Waals surface area (Å²) in [4.78, 5) is 16.6. The Morgan fingerprint density at radius 1 is 0.656 bits per heavy atom. The first kappa shape index (κ1) is 48.8. The molecule has 64 heavy (non-hydrogen) atoms. The molecule has 1 aromatic heterocycles. The first-order valence-electron chi connectivity index (χ1n) is 16.0. The molecule has 4 aromatic carbocycles. The molecule has 5 aromatic rings. The van der Waals surface area contributed by atoms with Gasteiger partial charge in [0, 0.05) is 11.1 Å². The molecule has 2 amide bonds. The highest BCUT2D eigenvalue weighted by Gasteiger charge is 2.28. The molecule has 0 bridgehead atoms. The SMILES string of the molecule is NC(=O)Nc1cc(Nc2nc(F)nc(Nc3cc(S(=O)(=O)CCOS(=O)(=O)O)cc(S(=O)(=O)O)c3O)n2)ccc1N=Nc1cc2c(S(=O)(=O)O)cc(S(=O)(=O)O)cc2cc1S(=O)(=O)O. The molecule has 0 aliphatic rings. The van der Waals surface area contributed by atoms with Gasteiger partial charge in [-0.3, -0.25) is 22.8 Å². The molecule has 5 rings (SSSR count).